The summed E-state index contributed by atoms with van der Waals surface area (Å²) in [6.45, 7) is 8.90. The maximum atomic E-state index is 2.25. The summed E-state index contributed by atoms with van der Waals surface area (Å²) in [6, 6.07) is 8.56. The minimum atomic E-state index is 0. The van der Waals surface area contributed by atoms with E-state index in [0.717, 1.165) is 0 Å². The number of hydrogen-bond acceptors (Lipinski definition) is 2. The van der Waals surface area contributed by atoms with Crippen LogP contribution in [0.15, 0.2) is 24.3 Å². The summed E-state index contributed by atoms with van der Waals surface area (Å²) in [5.74, 6) is 0. The zero-order valence-electron chi connectivity index (χ0n) is 9.22. The summed E-state index contributed by atoms with van der Waals surface area (Å²) in [5, 5.41) is 0. The van der Waals surface area contributed by atoms with Gasteiger partial charge in [-0.3, -0.25) is 0 Å². The fourth-order valence-electron chi connectivity index (χ4n) is 1.41. The van der Waals surface area contributed by atoms with Crippen molar-refractivity contribution in [3.63, 3.8) is 0 Å². The van der Waals surface area contributed by atoms with Crippen molar-refractivity contribution in [1.29, 1.82) is 0 Å². The first-order valence-corrected chi connectivity index (χ1v) is 4.08. The van der Waals surface area contributed by atoms with Crippen LogP contribution in [0.2, 0.25) is 0 Å². The molecule has 0 aliphatic rings. The molecule has 0 saturated heterocycles. The molecule has 6 N–H and O–H groups in total. The van der Waals surface area contributed by atoms with E-state index in [9.17, 15) is 0 Å². The molecule has 2 heteroatoms. The van der Waals surface area contributed by atoms with Crippen molar-refractivity contribution in [2.75, 3.05) is 0 Å². The second kappa shape index (κ2) is 5.00. The second-order valence-corrected chi connectivity index (χ2v) is 4.06. The first-order chi connectivity index (χ1) is 5.02. The monoisotopic (exact) mass is 182 g/mol. The minimum Gasteiger partial charge on any atom is -0.344 e. The Balaban J connectivity index is 0. The van der Waals surface area contributed by atoms with Gasteiger partial charge in [-0.15, -0.1) is 0 Å². The average molecular weight is 182 g/mol. The summed E-state index contributed by atoms with van der Waals surface area (Å²) >= 11 is 0. The van der Waals surface area contributed by atoms with E-state index in [0.29, 0.717) is 0 Å². The molecule has 0 atom stereocenters. The lowest BCUT2D eigenvalue weighted by atomic mass is 9.84. The smallest absolute Gasteiger partial charge is 0.0129 e. The summed E-state index contributed by atoms with van der Waals surface area (Å²) in [4.78, 5) is 0. The van der Waals surface area contributed by atoms with Crippen LogP contribution in [0.4, 0.5) is 0 Å². The van der Waals surface area contributed by atoms with E-state index >= 15 is 0 Å². The zero-order valence-corrected chi connectivity index (χ0v) is 9.22. The molecule has 0 aromatic heterocycles. The largest absolute Gasteiger partial charge is 0.344 e. The van der Waals surface area contributed by atoms with Gasteiger partial charge in [-0.1, -0.05) is 45.0 Å². The maximum absolute atomic E-state index is 2.25. The molecule has 13 heavy (non-hydrogen) atoms. The molecule has 0 unspecified atom stereocenters. The van der Waals surface area contributed by atoms with E-state index in [1.165, 1.54) is 11.1 Å². The molecule has 0 aliphatic heterocycles. The highest BCUT2D eigenvalue weighted by Crippen LogP contribution is 2.24. The van der Waals surface area contributed by atoms with Gasteiger partial charge in [0.15, 0.2) is 0 Å². The summed E-state index contributed by atoms with van der Waals surface area (Å²) in [5.41, 5.74) is 3.12. The Morgan fingerprint density at radius 1 is 0.923 bits per heavy atom. The van der Waals surface area contributed by atoms with E-state index in [1.807, 2.05) is 0 Å². The Morgan fingerprint density at radius 2 is 1.38 bits per heavy atom. The van der Waals surface area contributed by atoms with Crippen molar-refractivity contribution in [2.24, 2.45) is 0 Å². The van der Waals surface area contributed by atoms with Crippen molar-refractivity contribution in [3.05, 3.63) is 35.4 Å². The van der Waals surface area contributed by atoms with Gasteiger partial charge in [0.05, 0.1) is 0 Å². The number of rotatable bonds is 0. The van der Waals surface area contributed by atoms with E-state index < -0.39 is 0 Å². The van der Waals surface area contributed by atoms with Gasteiger partial charge in [0, 0.05) is 0 Å². The van der Waals surface area contributed by atoms with Gasteiger partial charge < -0.3 is 12.3 Å². The molecule has 0 saturated carbocycles. The summed E-state index contributed by atoms with van der Waals surface area (Å²) in [7, 11) is 0. The van der Waals surface area contributed by atoms with Crippen LogP contribution in [0.5, 0.6) is 0 Å². The highest BCUT2D eigenvalue weighted by molar-refractivity contribution is 5.31. The maximum Gasteiger partial charge on any atom is -0.0129 e. The Labute approximate surface area is 81.5 Å². The van der Waals surface area contributed by atoms with Crippen LogP contribution in [-0.4, -0.2) is 0 Å². The van der Waals surface area contributed by atoms with Crippen molar-refractivity contribution in [2.45, 2.75) is 33.1 Å². The second-order valence-electron chi connectivity index (χ2n) is 4.06. The van der Waals surface area contributed by atoms with Crippen LogP contribution in [0.3, 0.4) is 0 Å². The third kappa shape index (κ3) is 3.57. The van der Waals surface area contributed by atoms with Gasteiger partial charge in [0.2, 0.25) is 0 Å². The molecule has 1 aromatic rings. The fourth-order valence-corrected chi connectivity index (χ4v) is 1.41. The quantitative estimate of drug-likeness (QED) is 0.643. The SMILES string of the molecule is Cc1ccccc1C(C)(C)C.N.N. The molecule has 0 aliphatic carbocycles. The highest BCUT2D eigenvalue weighted by Gasteiger charge is 2.14. The highest BCUT2D eigenvalue weighted by atomic mass is 14.2. The third-order valence-corrected chi connectivity index (χ3v) is 1.95. The molecule has 1 rings (SSSR count). The molecule has 1 aromatic carbocycles. The lowest BCUT2D eigenvalue weighted by Crippen LogP contribution is -2.12. The first-order valence-electron chi connectivity index (χ1n) is 4.08. The van der Waals surface area contributed by atoms with Crippen LogP contribution >= 0.6 is 0 Å². The van der Waals surface area contributed by atoms with Gasteiger partial charge in [0.25, 0.3) is 0 Å². The molecular formula is C11H22N2. The number of hydrogen-bond donors (Lipinski definition) is 2. The molecule has 0 heterocycles. The Kier molecular flexibility index (Phi) is 5.63. The standard InChI is InChI=1S/C11H16.2H3N/c1-9-7-5-6-8-10(9)11(2,3)4;;/h5-8H,1-4H3;2*1H3. The third-order valence-electron chi connectivity index (χ3n) is 1.95. The Bertz CT molecular complexity index is 249. The topological polar surface area (TPSA) is 70.0 Å². The first kappa shape index (κ1) is 14.7. The predicted molar refractivity (Wildman–Crippen MR) is 59.9 cm³/mol. The van der Waals surface area contributed by atoms with Crippen molar-refractivity contribution >= 4 is 0 Å². The normalized spacial score (nSPS) is 9.85. The van der Waals surface area contributed by atoms with E-state index in [-0.39, 0.29) is 17.7 Å². The average Bonchev–Trinajstić information content (AvgIpc) is 1.86. The molecule has 76 valence electrons. The van der Waals surface area contributed by atoms with Gasteiger partial charge >= 0.3 is 0 Å². The fraction of sp³-hybridized carbons (Fsp3) is 0.455. The van der Waals surface area contributed by atoms with Gasteiger partial charge in [-0.25, -0.2) is 0 Å². The lowest BCUT2D eigenvalue weighted by Gasteiger charge is -2.21. The Hall–Kier alpha value is -0.860. The Morgan fingerprint density at radius 3 is 1.69 bits per heavy atom. The molecule has 0 bridgehead atoms. The van der Waals surface area contributed by atoms with Crippen LogP contribution in [0.1, 0.15) is 31.9 Å². The van der Waals surface area contributed by atoms with Crippen LogP contribution in [0, 0.1) is 6.92 Å². The number of benzene rings is 1. The zero-order chi connectivity index (χ0) is 8.48. The van der Waals surface area contributed by atoms with E-state index in [4.69, 9.17) is 0 Å². The molecule has 0 radical (unpaired) electrons. The van der Waals surface area contributed by atoms with E-state index in [1.54, 1.807) is 0 Å². The van der Waals surface area contributed by atoms with Gasteiger partial charge in [0.1, 0.15) is 0 Å². The minimum absolute atomic E-state index is 0. The summed E-state index contributed by atoms with van der Waals surface area (Å²) in [6.07, 6.45) is 0. The summed E-state index contributed by atoms with van der Waals surface area (Å²) < 4.78 is 0. The van der Waals surface area contributed by atoms with E-state index in [2.05, 4.69) is 52.0 Å². The van der Waals surface area contributed by atoms with Gasteiger partial charge in [-0.05, 0) is 23.5 Å². The van der Waals surface area contributed by atoms with Crippen molar-refractivity contribution < 1.29 is 0 Å². The van der Waals surface area contributed by atoms with Gasteiger partial charge in [-0.2, -0.15) is 0 Å². The van der Waals surface area contributed by atoms with Crippen LogP contribution < -0.4 is 12.3 Å². The predicted octanol–water partition coefficient (Wildman–Crippen LogP) is 3.62. The van der Waals surface area contributed by atoms with Crippen molar-refractivity contribution in [1.82, 2.24) is 12.3 Å². The lowest BCUT2D eigenvalue weighted by molar-refractivity contribution is 0.586. The molecule has 0 amide bonds. The molecule has 0 fully saturated rings. The molecule has 2 nitrogen and oxygen atoms in total. The van der Waals surface area contributed by atoms with Crippen LogP contribution in [-0.2, 0) is 5.41 Å². The molecule has 0 spiro atoms. The van der Waals surface area contributed by atoms with Crippen molar-refractivity contribution in [3.8, 4) is 0 Å². The molecular weight excluding hydrogens is 160 g/mol. The van der Waals surface area contributed by atoms with Crippen LogP contribution in [0.25, 0.3) is 0 Å². The number of aryl methyl sites for hydroxylation is 1.